The van der Waals surface area contributed by atoms with Crippen molar-refractivity contribution in [3.05, 3.63) is 23.7 Å². The third-order valence-electron chi connectivity index (χ3n) is 3.67. The van der Waals surface area contributed by atoms with Crippen LogP contribution in [0.25, 0.3) is 10.2 Å². The molecule has 2 N–H and O–H groups in total. The highest BCUT2D eigenvalue weighted by Crippen LogP contribution is 2.23. The van der Waals surface area contributed by atoms with E-state index in [1.54, 1.807) is 16.8 Å². The summed E-state index contributed by atoms with van der Waals surface area (Å²) in [6, 6.07) is 5.70. The molecule has 3 rings (SSSR count). The van der Waals surface area contributed by atoms with Crippen LogP contribution in [0.1, 0.15) is 25.7 Å². The number of hydrogen-bond donors (Lipinski definition) is 2. The van der Waals surface area contributed by atoms with Gasteiger partial charge < -0.3 is 10.6 Å². The maximum Gasteiger partial charge on any atom is 0.224 e. The molecule has 1 unspecified atom stereocenters. The Balaban J connectivity index is 1.61. The normalized spacial score (nSPS) is 19.0. The van der Waals surface area contributed by atoms with E-state index < -0.39 is 0 Å². The number of rotatable bonds is 3. The van der Waals surface area contributed by atoms with Crippen molar-refractivity contribution in [2.24, 2.45) is 5.92 Å². The number of aromatic nitrogens is 1. The zero-order valence-electron chi connectivity index (χ0n) is 11.6. The summed E-state index contributed by atoms with van der Waals surface area (Å²) in [5.41, 5.74) is 3.52. The van der Waals surface area contributed by atoms with Gasteiger partial charge >= 0.3 is 0 Å². The van der Waals surface area contributed by atoms with Gasteiger partial charge in [0.1, 0.15) is 0 Å². The van der Waals surface area contributed by atoms with Gasteiger partial charge in [0.2, 0.25) is 11.8 Å². The van der Waals surface area contributed by atoms with Gasteiger partial charge in [-0.15, -0.1) is 11.3 Å². The Hall–Kier alpha value is -1.95. The lowest BCUT2D eigenvalue weighted by molar-refractivity contribution is -0.122. The van der Waals surface area contributed by atoms with Crippen molar-refractivity contribution in [2.75, 3.05) is 11.9 Å². The highest BCUT2D eigenvalue weighted by Gasteiger charge is 2.20. The Kier molecular flexibility index (Phi) is 4.15. The summed E-state index contributed by atoms with van der Waals surface area (Å²) in [5.74, 6) is 0.162. The molecule has 0 spiro atoms. The molecule has 21 heavy (non-hydrogen) atoms. The molecule has 1 atom stereocenters. The third kappa shape index (κ3) is 3.58. The predicted molar refractivity (Wildman–Crippen MR) is 83.2 cm³/mol. The number of thiazole rings is 1. The summed E-state index contributed by atoms with van der Waals surface area (Å²) in [6.45, 7) is 0.721. The number of nitrogens with zero attached hydrogens (tertiary/aromatic N) is 1. The largest absolute Gasteiger partial charge is 0.356 e. The minimum atomic E-state index is -0.0291. The van der Waals surface area contributed by atoms with E-state index in [2.05, 4.69) is 15.6 Å². The van der Waals surface area contributed by atoms with Crippen molar-refractivity contribution in [1.82, 2.24) is 10.3 Å². The molecule has 0 radical (unpaired) electrons. The molecule has 2 aromatic rings. The van der Waals surface area contributed by atoms with Crippen molar-refractivity contribution >= 4 is 39.1 Å². The standard InChI is InChI=1S/C15H17N3O2S/c19-14-6-10(2-1-5-16-14)7-15(20)18-11-3-4-12-13(8-11)21-9-17-12/h3-4,8-10H,1-2,5-7H2,(H,16,19)(H,18,20). The van der Waals surface area contributed by atoms with Crippen molar-refractivity contribution < 1.29 is 9.59 Å². The molecule has 6 heteroatoms. The molecule has 110 valence electrons. The fourth-order valence-electron chi connectivity index (χ4n) is 2.64. The van der Waals surface area contributed by atoms with Crippen LogP contribution in [0.3, 0.4) is 0 Å². The molecule has 0 aliphatic carbocycles. The Bertz CT molecular complexity index is 668. The first-order valence-electron chi connectivity index (χ1n) is 7.10. The minimum absolute atomic E-state index is 0.0291. The number of anilines is 1. The molecule has 1 saturated heterocycles. The van der Waals surface area contributed by atoms with Crippen molar-refractivity contribution in [1.29, 1.82) is 0 Å². The van der Waals surface area contributed by atoms with Gasteiger partial charge in [-0.05, 0) is 37.0 Å². The van der Waals surface area contributed by atoms with Crippen molar-refractivity contribution in [2.45, 2.75) is 25.7 Å². The van der Waals surface area contributed by atoms with E-state index in [1.807, 2.05) is 18.2 Å². The van der Waals surface area contributed by atoms with Gasteiger partial charge in [-0.25, -0.2) is 4.98 Å². The van der Waals surface area contributed by atoms with Crippen molar-refractivity contribution in [3.8, 4) is 0 Å². The number of carbonyl (C=O) groups excluding carboxylic acids is 2. The van der Waals surface area contributed by atoms with E-state index in [0.717, 1.165) is 35.3 Å². The first-order valence-corrected chi connectivity index (χ1v) is 7.98. The minimum Gasteiger partial charge on any atom is -0.356 e. The summed E-state index contributed by atoms with van der Waals surface area (Å²) in [6.07, 6.45) is 2.70. The molecule has 5 nitrogen and oxygen atoms in total. The number of amides is 2. The zero-order valence-corrected chi connectivity index (χ0v) is 12.4. The van der Waals surface area contributed by atoms with Crippen LogP contribution in [0, 0.1) is 5.92 Å². The van der Waals surface area contributed by atoms with E-state index >= 15 is 0 Å². The van der Waals surface area contributed by atoms with E-state index in [-0.39, 0.29) is 17.7 Å². The molecule has 1 aliphatic heterocycles. The van der Waals surface area contributed by atoms with E-state index in [9.17, 15) is 9.59 Å². The van der Waals surface area contributed by atoms with Gasteiger partial charge in [0.05, 0.1) is 15.7 Å². The maximum atomic E-state index is 12.1. The van der Waals surface area contributed by atoms with Crippen LogP contribution in [-0.4, -0.2) is 23.3 Å². The molecule has 2 amide bonds. The van der Waals surface area contributed by atoms with Crippen LogP contribution in [0.4, 0.5) is 5.69 Å². The molecule has 0 bridgehead atoms. The summed E-state index contributed by atoms with van der Waals surface area (Å²) in [7, 11) is 0. The Labute approximate surface area is 126 Å². The smallest absolute Gasteiger partial charge is 0.224 e. The fraction of sp³-hybridized carbons (Fsp3) is 0.400. The summed E-state index contributed by atoms with van der Waals surface area (Å²) >= 11 is 1.55. The van der Waals surface area contributed by atoms with E-state index in [1.165, 1.54) is 0 Å². The number of carbonyl (C=O) groups is 2. The average Bonchev–Trinajstić information content (AvgIpc) is 2.81. The first kappa shape index (κ1) is 14.0. The number of nitrogens with one attached hydrogen (secondary N) is 2. The lowest BCUT2D eigenvalue weighted by Crippen LogP contribution is -2.23. The van der Waals surface area contributed by atoms with Gasteiger partial charge in [0.25, 0.3) is 0 Å². The van der Waals surface area contributed by atoms with Gasteiger partial charge in [-0.3, -0.25) is 9.59 Å². The Morgan fingerprint density at radius 2 is 2.38 bits per heavy atom. The van der Waals surface area contributed by atoms with Crippen LogP contribution in [0.5, 0.6) is 0 Å². The maximum absolute atomic E-state index is 12.1. The van der Waals surface area contributed by atoms with E-state index in [4.69, 9.17) is 0 Å². The Morgan fingerprint density at radius 1 is 1.48 bits per heavy atom. The highest BCUT2D eigenvalue weighted by molar-refractivity contribution is 7.16. The van der Waals surface area contributed by atoms with Gasteiger partial charge in [-0.2, -0.15) is 0 Å². The lowest BCUT2D eigenvalue weighted by Gasteiger charge is -2.12. The highest BCUT2D eigenvalue weighted by atomic mass is 32.1. The topological polar surface area (TPSA) is 71.1 Å². The second-order valence-corrected chi connectivity index (χ2v) is 6.24. The number of benzene rings is 1. The molecule has 1 aromatic carbocycles. The second kappa shape index (κ2) is 6.22. The van der Waals surface area contributed by atoms with Crippen LogP contribution < -0.4 is 10.6 Å². The molecule has 1 aliphatic rings. The predicted octanol–water partition coefficient (Wildman–Crippen LogP) is 2.54. The molecule has 1 fully saturated rings. The molecular weight excluding hydrogens is 286 g/mol. The molecule has 0 saturated carbocycles. The molecule has 1 aromatic heterocycles. The monoisotopic (exact) mass is 303 g/mol. The zero-order chi connectivity index (χ0) is 14.7. The number of hydrogen-bond acceptors (Lipinski definition) is 4. The summed E-state index contributed by atoms with van der Waals surface area (Å²) in [5, 5.41) is 5.75. The van der Waals surface area contributed by atoms with Crippen LogP contribution in [-0.2, 0) is 9.59 Å². The number of fused-ring (bicyclic) bond motifs is 1. The van der Waals surface area contributed by atoms with Crippen LogP contribution in [0.15, 0.2) is 23.7 Å². The van der Waals surface area contributed by atoms with Crippen LogP contribution >= 0.6 is 11.3 Å². The first-order chi connectivity index (χ1) is 10.2. The second-order valence-electron chi connectivity index (χ2n) is 5.35. The quantitative estimate of drug-likeness (QED) is 0.915. The van der Waals surface area contributed by atoms with Gasteiger partial charge in [0, 0.05) is 25.1 Å². The summed E-state index contributed by atoms with van der Waals surface area (Å²) in [4.78, 5) is 27.8. The summed E-state index contributed by atoms with van der Waals surface area (Å²) < 4.78 is 1.06. The average molecular weight is 303 g/mol. The van der Waals surface area contributed by atoms with Crippen molar-refractivity contribution in [3.63, 3.8) is 0 Å². The van der Waals surface area contributed by atoms with Crippen LogP contribution in [0.2, 0.25) is 0 Å². The lowest BCUT2D eigenvalue weighted by atomic mass is 9.96. The fourth-order valence-corrected chi connectivity index (χ4v) is 3.35. The molecular formula is C15H17N3O2S. The van der Waals surface area contributed by atoms with Gasteiger partial charge in [0.15, 0.2) is 0 Å². The molecule has 2 heterocycles. The SMILES string of the molecule is O=C1CC(CC(=O)Nc2ccc3ncsc3c2)CCCN1. The van der Waals surface area contributed by atoms with E-state index in [0.29, 0.717) is 12.8 Å². The Morgan fingerprint density at radius 3 is 3.29 bits per heavy atom. The van der Waals surface area contributed by atoms with Gasteiger partial charge in [-0.1, -0.05) is 0 Å². The third-order valence-corrected chi connectivity index (χ3v) is 4.47.